The number of aromatic nitrogens is 1. The van der Waals surface area contributed by atoms with Gasteiger partial charge in [0.25, 0.3) is 0 Å². The highest BCUT2D eigenvalue weighted by molar-refractivity contribution is 5.13. The lowest BCUT2D eigenvalue weighted by atomic mass is 10.1. The van der Waals surface area contributed by atoms with Crippen LogP contribution >= 0.6 is 0 Å². The van der Waals surface area contributed by atoms with E-state index in [9.17, 15) is 0 Å². The van der Waals surface area contributed by atoms with Crippen molar-refractivity contribution in [1.82, 2.24) is 10.3 Å². The van der Waals surface area contributed by atoms with Crippen LogP contribution in [-0.2, 0) is 4.74 Å². The van der Waals surface area contributed by atoms with Gasteiger partial charge in [0, 0.05) is 19.5 Å². The molecule has 0 spiro atoms. The summed E-state index contributed by atoms with van der Waals surface area (Å²) in [7, 11) is 1.72. The first-order valence-electron chi connectivity index (χ1n) is 5.00. The summed E-state index contributed by atoms with van der Waals surface area (Å²) in [5.74, 6) is 0. The predicted octanol–water partition coefficient (Wildman–Crippen LogP) is 1.77. The van der Waals surface area contributed by atoms with Gasteiger partial charge in [-0.3, -0.25) is 4.98 Å². The van der Waals surface area contributed by atoms with E-state index in [0.29, 0.717) is 6.61 Å². The summed E-state index contributed by atoms with van der Waals surface area (Å²) in [5, 5.41) is 3.42. The molecule has 0 fully saturated rings. The van der Waals surface area contributed by atoms with Crippen LogP contribution in [0.3, 0.4) is 0 Å². The summed E-state index contributed by atoms with van der Waals surface area (Å²) in [6, 6.07) is 4.28. The lowest BCUT2D eigenvalue weighted by Gasteiger charge is -2.17. The summed E-state index contributed by atoms with van der Waals surface area (Å²) in [5.41, 5.74) is 1.18. The van der Waals surface area contributed by atoms with Gasteiger partial charge in [0.2, 0.25) is 0 Å². The molecule has 3 heteroatoms. The average molecular weight is 194 g/mol. The van der Waals surface area contributed by atoms with Gasteiger partial charge in [-0.15, -0.1) is 0 Å². The van der Waals surface area contributed by atoms with Crippen molar-refractivity contribution in [2.75, 3.05) is 20.3 Å². The highest BCUT2D eigenvalue weighted by Gasteiger charge is 2.09. The Hall–Kier alpha value is -0.930. The number of hydrogen-bond acceptors (Lipinski definition) is 3. The van der Waals surface area contributed by atoms with Crippen molar-refractivity contribution in [2.45, 2.75) is 19.4 Å². The molecule has 1 heterocycles. The fourth-order valence-electron chi connectivity index (χ4n) is 1.34. The number of ether oxygens (including phenoxy) is 1. The molecule has 1 atom stereocenters. The SMILES string of the molecule is CCCNC(COC)c1cccnc1. The van der Waals surface area contributed by atoms with E-state index in [1.54, 1.807) is 13.3 Å². The van der Waals surface area contributed by atoms with E-state index in [0.717, 1.165) is 13.0 Å². The summed E-state index contributed by atoms with van der Waals surface area (Å²) >= 11 is 0. The third-order valence-corrected chi connectivity index (χ3v) is 2.06. The number of nitrogens with zero attached hydrogens (tertiary/aromatic N) is 1. The zero-order valence-electron chi connectivity index (χ0n) is 8.86. The Kier molecular flexibility index (Phi) is 5.19. The number of hydrogen-bond donors (Lipinski definition) is 1. The first-order valence-corrected chi connectivity index (χ1v) is 5.00. The number of nitrogens with one attached hydrogen (secondary N) is 1. The second-order valence-electron chi connectivity index (χ2n) is 3.25. The molecule has 0 saturated carbocycles. The Balaban J connectivity index is 2.58. The Morgan fingerprint density at radius 1 is 1.57 bits per heavy atom. The molecule has 1 aromatic rings. The van der Waals surface area contributed by atoms with Gasteiger partial charge in [-0.1, -0.05) is 13.0 Å². The molecule has 0 saturated heterocycles. The molecule has 0 aliphatic carbocycles. The summed E-state index contributed by atoms with van der Waals surface area (Å²) in [6.45, 7) is 3.84. The minimum atomic E-state index is 0.258. The molecule has 0 aliphatic heterocycles. The van der Waals surface area contributed by atoms with Crippen molar-refractivity contribution in [1.29, 1.82) is 0 Å². The first-order chi connectivity index (χ1) is 6.88. The monoisotopic (exact) mass is 194 g/mol. The fraction of sp³-hybridized carbons (Fsp3) is 0.545. The van der Waals surface area contributed by atoms with E-state index in [-0.39, 0.29) is 6.04 Å². The molecule has 0 aliphatic rings. The molecule has 0 aromatic carbocycles. The van der Waals surface area contributed by atoms with Crippen LogP contribution in [0.2, 0.25) is 0 Å². The summed E-state index contributed by atoms with van der Waals surface area (Å²) < 4.78 is 5.17. The Labute approximate surface area is 85.5 Å². The van der Waals surface area contributed by atoms with Crippen molar-refractivity contribution < 1.29 is 4.74 Å². The minimum absolute atomic E-state index is 0.258. The second-order valence-corrected chi connectivity index (χ2v) is 3.25. The molecule has 1 N–H and O–H groups in total. The number of pyridine rings is 1. The van der Waals surface area contributed by atoms with Crippen molar-refractivity contribution >= 4 is 0 Å². The van der Waals surface area contributed by atoms with Gasteiger partial charge >= 0.3 is 0 Å². The summed E-state index contributed by atoms with van der Waals surface area (Å²) in [4.78, 5) is 4.10. The largest absolute Gasteiger partial charge is 0.383 e. The first kappa shape index (κ1) is 11.1. The zero-order valence-corrected chi connectivity index (χ0v) is 8.86. The molecule has 1 unspecified atom stereocenters. The molecule has 1 rings (SSSR count). The van der Waals surface area contributed by atoms with Crippen LogP contribution in [0.15, 0.2) is 24.5 Å². The quantitative estimate of drug-likeness (QED) is 0.749. The fourth-order valence-corrected chi connectivity index (χ4v) is 1.34. The predicted molar refractivity (Wildman–Crippen MR) is 57.1 cm³/mol. The van der Waals surface area contributed by atoms with E-state index in [1.807, 2.05) is 12.3 Å². The van der Waals surface area contributed by atoms with E-state index < -0.39 is 0 Å². The normalized spacial score (nSPS) is 12.7. The maximum absolute atomic E-state index is 5.17. The van der Waals surface area contributed by atoms with Gasteiger partial charge in [-0.25, -0.2) is 0 Å². The molecule has 0 radical (unpaired) electrons. The third kappa shape index (κ3) is 3.44. The molecular formula is C11H18N2O. The van der Waals surface area contributed by atoms with Gasteiger partial charge in [-0.05, 0) is 24.6 Å². The van der Waals surface area contributed by atoms with Gasteiger partial charge in [0.05, 0.1) is 12.6 Å². The van der Waals surface area contributed by atoms with Crippen LogP contribution < -0.4 is 5.32 Å². The zero-order chi connectivity index (χ0) is 10.2. The van der Waals surface area contributed by atoms with Crippen molar-refractivity contribution in [3.05, 3.63) is 30.1 Å². The van der Waals surface area contributed by atoms with E-state index >= 15 is 0 Å². The van der Waals surface area contributed by atoms with Crippen molar-refractivity contribution in [3.8, 4) is 0 Å². The highest BCUT2D eigenvalue weighted by Crippen LogP contribution is 2.10. The van der Waals surface area contributed by atoms with Crippen LogP contribution in [0, 0.1) is 0 Å². The van der Waals surface area contributed by atoms with Crippen LogP contribution in [0.5, 0.6) is 0 Å². The minimum Gasteiger partial charge on any atom is -0.383 e. The molecule has 0 bridgehead atoms. The molecule has 3 nitrogen and oxygen atoms in total. The lowest BCUT2D eigenvalue weighted by Crippen LogP contribution is -2.25. The smallest absolute Gasteiger partial charge is 0.0658 e. The van der Waals surface area contributed by atoms with Gasteiger partial charge < -0.3 is 10.1 Å². The van der Waals surface area contributed by atoms with Crippen LogP contribution in [0.4, 0.5) is 0 Å². The number of rotatable bonds is 6. The van der Waals surface area contributed by atoms with Gasteiger partial charge in [0.1, 0.15) is 0 Å². The maximum atomic E-state index is 5.17. The van der Waals surface area contributed by atoms with Crippen molar-refractivity contribution in [3.63, 3.8) is 0 Å². The Morgan fingerprint density at radius 2 is 2.43 bits per heavy atom. The van der Waals surface area contributed by atoms with Gasteiger partial charge in [0.15, 0.2) is 0 Å². The van der Waals surface area contributed by atoms with Crippen molar-refractivity contribution in [2.24, 2.45) is 0 Å². The average Bonchev–Trinajstić information content (AvgIpc) is 2.25. The third-order valence-electron chi connectivity index (χ3n) is 2.06. The Bertz CT molecular complexity index is 238. The van der Waals surface area contributed by atoms with Gasteiger partial charge in [-0.2, -0.15) is 0 Å². The summed E-state index contributed by atoms with van der Waals surface area (Å²) in [6.07, 6.45) is 4.79. The topological polar surface area (TPSA) is 34.1 Å². The maximum Gasteiger partial charge on any atom is 0.0658 e. The van der Waals surface area contributed by atoms with Crippen LogP contribution in [0.25, 0.3) is 0 Å². The molecule has 14 heavy (non-hydrogen) atoms. The second kappa shape index (κ2) is 6.51. The standard InChI is InChI=1S/C11H18N2O/c1-3-6-13-11(9-14-2)10-5-4-7-12-8-10/h4-5,7-8,11,13H,3,6,9H2,1-2H3. The van der Waals surface area contributed by atoms with E-state index in [4.69, 9.17) is 4.74 Å². The molecular weight excluding hydrogens is 176 g/mol. The molecule has 1 aromatic heterocycles. The number of methoxy groups -OCH3 is 1. The van der Waals surface area contributed by atoms with E-state index in [1.165, 1.54) is 5.56 Å². The molecule has 78 valence electrons. The highest BCUT2D eigenvalue weighted by atomic mass is 16.5. The lowest BCUT2D eigenvalue weighted by molar-refractivity contribution is 0.167. The van der Waals surface area contributed by atoms with Crippen LogP contribution in [-0.4, -0.2) is 25.2 Å². The Morgan fingerprint density at radius 3 is 3.00 bits per heavy atom. The van der Waals surface area contributed by atoms with Crippen LogP contribution in [0.1, 0.15) is 24.9 Å². The molecule has 0 amide bonds. The van der Waals surface area contributed by atoms with E-state index in [2.05, 4.69) is 23.3 Å².